The Morgan fingerprint density at radius 3 is 2.75 bits per heavy atom. The van der Waals surface area contributed by atoms with E-state index in [1.165, 1.54) is 11.8 Å². The first-order chi connectivity index (χ1) is 7.74. The molecule has 0 aliphatic carbocycles. The Bertz CT molecular complexity index is 254. The number of amides is 1. The van der Waals surface area contributed by atoms with Gasteiger partial charge in [-0.05, 0) is 6.42 Å². The van der Waals surface area contributed by atoms with Crippen LogP contribution >= 0.6 is 11.8 Å². The minimum atomic E-state index is 0.187. The zero-order chi connectivity index (χ0) is 11.8. The van der Waals surface area contributed by atoms with E-state index in [4.69, 9.17) is 16.3 Å². The highest BCUT2D eigenvalue weighted by atomic mass is 32.2. The Morgan fingerprint density at radius 2 is 2.12 bits per heavy atom. The van der Waals surface area contributed by atoms with Crippen molar-refractivity contribution in [3.63, 3.8) is 0 Å². The lowest BCUT2D eigenvalue weighted by Crippen LogP contribution is -2.40. The molecule has 1 fully saturated rings. The molecule has 0 aromatic heterocycles. The molecule has 0 atom stereocenters. The minimum Gasteiger partial charge on any atom is -0.378 e. The molecule has 0 saturated carbocycles. The Kier molecular flexibility index (Phi) is 6.02. The van der Waals surface area contributed by atoms with Gasteiger partial charge in [0.05, 0.1) is 13.2 Å². The fourth-order valence-corrected chi connectivity index (χ4v) is 1.98. The standard InChI is InChI=1S/C9H18N4O2S/c10-9(12-11)16-7-1-2-8(14)13-3-5-15-6-4-13/h1-7,11H2,(H2,10,12). The van der Waals surface area contributed by atoms with Crippen molar-refractivity contribution in [1.82, 2.24) is 4.90 Å². The van der Waals surface area contributed by atoms with Gasteiger partial charge in [0.25, 0.3) is 0 Å². The molecule has 4 N–H and O–H groups in total. The second kappa shape index (κ2) is 7.34. The molecule has 0 aromatic carbocycles. The lowest BCUT2D eigenvalue weighted by Gasteiger charge is -2.26. The van der Waals surface area contributed by atoms with Gasteiger partial charge in [-0.25, -0.2) is 0 Å². The number of nitrogens with zero attached hydrogens (tertiary/aromatic N) is 2. The van der Waals surface area contributed by atoms with Gasteiger partial charge in [0.2, 0.25) is 5.91 Å². The van der Waals surface area contributed by atoms with Gasteiger partial charge >= 0.3 is 0 Å². The average Bonchev–Trinajstić information content (AvgIpc) is 2.35. The molecule has 0 spiro atoms. The van der Waals surface area contributed by atoms with Crippen molar-refractivity contribution in [2.24, 2.45) is 16.7 Å². The molecule has 0 radical (unpaired) electrons. The number of thioether (sulfide) groups is 1. The number of morpholine rings is 1. The minimum absolute atomic E-state index is 0.187. The molecule has 1 aliphatic rings. The molecule has 0 bridgehead atoms. The van der Waals surface area contributed by atoms with E-state index in [0.717, 1.165) is 12.2 Å². The van der Waals surface area contributed by atoms with Crippen LogP contribution in [0.15, 0.2) is 5.10 Å². The first-order valence-electron chi connectivity index (χ1n) is 5.25. The SMILES string of the molecule is NN=C(N)SCCCC(=O)N1CCOCC1. The molecule has 0 unspecified atom stereocenters. The fourth-order valence-electron chi connectivity index (χ4n) is 1.41. The maximum atomic E-state index is 11.7. The fraction of sp³-hybridized carbons (Fsp3) is 0.778. The van der Waals surface area contributed by atoms with Crippen LogP contribution in [0.3, 0.4) is 0 Å². The number of hydrazone groups is 1. The molecule has 16 heavy (non-hydrogen) atoms. The van der Waals surface area contributed by atoms with E-state index in [1.807, 2.05) is 4.90 Å². The predicted molar refractivity (Wildman–Crippen MR) is 64.9 cm³/mol. The van der Waals surface area contributed by atoms with Crippen LogP contribution in [0.5, 0.6) is 0 Å². The summed E-state index contributed by atoms with van der Waals surface area (Å²) < 4.78 is 5.18. The number of amidine groups is 1. The van der Waals surface area contributed by atoms with Gasteiger partial charge in [0.1, 0.15) is 0 Å². The van der Waals surface area contributed by atoms with Crippen LogP contribution in [0.1, 0.15) is 12.8 Å². The Balaban J connectivity index is 2.10. The lowest BCUT2D eigenvalue weighted by molar-refractivity contribution is -0.135. The highest BCUT2D eigenvalue weighted by molar-refractivity contribution is 8.13. The van der Waals surface area contributed by atoms with Crippen molar-refractivity contribution >= 4 is 22.8 Å². The number of rotatable bonds is 4. The van der Waals surface area contributed by atoms with Gasteiger partial charge < -0.3 is 21.2 Å². The predicted octanol–water partition coefficient (Wildman–Crippen LogP) is -0.453. The zero-order valence-electron chi connectivity index (χ0n) is 9.22. The van der Waals surface area contributed by atoms with Gasteiger partial charge in [0.15, 0.2) is 5.17 Å². The van der Waals surface area contributed by atoms with Crippen LogP contribution in [-0.4, -0.2) is 48.0 Å². The molecule has 1 aliphatic heterocycles. The van der Waals surface area contributed by atoms with Crippen LogP contribution in [-0.2, 0) is 9.53 Å². The summed E-state index contributed by atoms with van der Waals surface area (Å²) in [5.74, 6) is 5.94. The summed E-state index contributed by atoms with van der Waals surface area (Å²) in [5, 5.41) is 3.70. The summed E-state index contributed by atoms with van der Waals surface area (Å²) >= 11 is 1.37. The van der Waals surface area contributed by atoms with Crippen LogP contribution < -0.4 is 11.6 Å². The first kappa shape index (κ1) is 13.1. The van der Waals surface area contributed by atoms with E-state index in [9.17, 15) is 4.79 Å². The molecule has 1 heterocycles. The molecule has 92 valence electrons. The summed E-state index contributed by atoms with van der Waals surface area (Å²) in [6.45, 7) is 2.71. The van der Waals surface area contributed by atoms with E-state index in [-0.39, 0.29) is 5.91 Å². The molecular weight excluding hydrogens is 228 g/mol. The topological polar surface area (TPSA) is 93.9 Å². The van der Waals surface area contributed by atoms with Crippen molar-refractivity contribution in [1.29, 1.82) is 0 Å². The molecule has 6 nitrogen and oxygen atoms in total. The summed E-state index contributed by atoms with van der Waals surface area (Å²) in [7, 11) is 0. The van der Waals surface area contributed by atoms with E-state index in [2.05, 4.69) is 5.10 Å². The number of nitrogens with two attached hydrogens (primary N) is 2. The maximum absolute atomic E-state index is 11.7. The van der Waals surface area contributed by atoms with Gasteiger partial charge in [-0.1, -0.05) is 11.8 Å². The van der Waals surface area contributed by atoms with Crippen molar-refractivity contribution in [3.8, 4) is 0 Å². The van der Waals surface area contributed by atoms with Gasteiger partial charge in [-0.3, -0.25) is 4.79 Å². The summed E-state index contributed by atoms with van der Waals surface area (Å²) in [6.07, 6.45) is 1.34. The third-order valence-electron chi connectivity index (χ3n) is 2.28. The Hall–Kier alpha value is -0.950. The summed E-state index contributed by atoms with van der Waals surface area (Å²) in [6, 6.07) is 0. The van der Waals surface area contributed by atoms with E-state index in [1.54, 1.807) is 0 Å². The highest BCUT2D eigenvalue weighted by Crippen LogP contribution is 2.07. The molecule has 1 saturated heterocycles. The van der Waals surface area contributed by atoms with Crippen LogP contribution in [0.4, 0.5) is 0 Å². The number of hydrogen-bond acceptors (Lipinski definition) is 5. The second-order valence-corrected chi connectivity index (χ2v) is 4.53. The molecule has 7 heteroatoms. The highest BCUT2D eigenvalue weighted by Gasteiger charge is 2.15. The van der Waals surface area contributed by atoms with E-state index in [0.29, 0.717) is 37.9 Å². The largest absolute Gasteiger partial charge is 0.378 e. The van der Waals surface area contributed by atoms with Crippen LogP contribution in [0.2, 0.25) is 0 Å². The maximum Gasteiger partial charge on any atom is 0.222 e. The smallest absolute Gasteiger partial charge is 0.222 e. The quantitative estimate of drug-likeness (QED) is 0.230. The number of carbonyl (C=O) groups excluding carboxylic acids is 1. The van der Waals surface area contributed by atoms with E-state index < -0.39 is 0 Å². The molecule has 0 aromatic rings. The monoisotopic (exact) mass is 246 g/mol. The third kappa shape index (κ3) is 4.71. The normalized spacial score (nSPS) is 17.5. The molecular formula is C9H18N4O2S. The van der Waals surface area contributed by atoms with Crippen molar-refractivity contribution < 1.29 is 9.53 Å². The lowest BCUT2D eigenvalue weighted by atomic mass is 10.3. The number of carbonyl (C=O) groups is 1. The first-order valence-corrected chi connectivity index (χ1v) is 6.24. The molecule has 1 amide bonds. The van der Waals surface area contributed by atoms with Gasteiger partial charge in [-0.2, -0.15) is 5.10 Å². The zero-order valence-corrected chi connectivity index (χ0v) is 10.0. The van der Waals surface area contributed by atoms with Crippen molar-refractivity contribution in [2.45, 2.75) is 12.8 Å². The second-order valence-electron chi connectivity index (χ2n) is 3.41. The summed E-state index contributed by atoms with van der Waals surface area (Å²) in [4.78, 5) is 13.5. The van der Waals surface area contributed by atoms with Crippen LogP contribution in [0, 0.1) is 0 Å². The summed E-state index contributed by atoms with van der Waals surface area (Å²) in [5.41, 5.74) is 5.41. The Morgan fingerprint density at radius 1 is 1.44 bits per heavy atom. The molecule has 1 rings (SSSR count). The number of hydrogen-bond donors (Lipinski definition) is 2. The van der Waals surface area contributed by atoms with Crippen LogP contribution in [0.25, 0.3) is 0 Å². The third-order valence-corrected chi connectivity index (χ3v) is 3.17. The number of ether oxygens (including phenoxy) is 1. The van der Waals surface area contributed by atoms with E-state index >= 15 is 0 Å². The Labute approximate surface area is 99.4 Å². The van der Waals surface area contributed by atoms with Crippen molar-refractivity contribution in [3.05, 3.63) is 0 Å². The van der Waals surface area contributed by atoms with Gasteiger partial charge in [-0.15, -0.1) is 0 Å². The average molecular weight is 246 g/mol. The van der Waals surface area contributed by atoms with Gasteiger partial charge in [0, 0.05) is 25.3 Å². The van der Waals surface area contributed by atoms with Crippen molar-refractivity contribution in [2.75, 3.05) is 32.1 Å².